The zero-order valence-electron chi connectivity index (χ0n) is 12.3. The molecule has 0 saturated carbocycles. The molecular formula is C15H21BrN2O3. The van der Waals surface area contributed by atoms with Gasteiger partial charge >= 0.3 is 0 Å². The van der Waals surface area contributed by atoms with E-state index >= 15 is 0 Å². The molecule has 116 valence electrons. The zero-order valence-corrected chi connectivity index (χ0v) is 13.9. The van der Waals surface area contributed by atoms with Crippen LogP contribution in [0.3, 0.4) is 0 Å². The molecule has 0 bridgehead atoms. The normalized spacial score (nSPS) is 21.3. The summed E-state index contributed by atoms with van der Waals surface area (Å²) in [5, 5.41) is 6.30. The molecule has 0 radical (unpaired) electrons. The van der Waals surface area contributed by atoms with E-state index in [4.69, 9.17) is 9.47 Å². The number of carbonyl (C=O) groups is 1. The predicted molar refractivity (Wildman–Crippen MR) is 85.7 cm³/mol. The van der Waals surface area contributed by atoms with Crippen LogP contribution in [-0.2, 0) is 9.53 Å². The van der Waals surface area contributed by atoms with Crippen LogP contribution in [0.1, 0.15) is 13.3 Å². The second-order valence-corrected chi connectivity index (χ2v) is 5.90. The van der Waals surface area contributed by atoms with Gasteiger partial charge in [0.2, 0.25) is 5.91 Å². The van der Waals surface area contributed by atoms with Crippen LogP contribution in [-0.4, -0.2) is 38.8 Å². The highest BCUT2D eigenvalue weighted by Crippen LogP contribution is 2.28. The summed E-state index contributed by atoms with van der Waals surface area (Å²) in [6, 6.07) is 5.57. The van der Waals surface area contributed by atoms with E-state index in [2.05, 4.69) is 33.5 Å². The van der Waals surface area contributed by atoms with E-state index in [1.807, 2.05) is 18.2 Å². The average molecular weight is 357 g/mol. The third-order valence-electron chi connectivity index (χ3n) is 3.49. The second-order valence-electron chi connectivity index (χ2n) is 5.04. The molecule has 2 N–H and O–H groups in total. The summed E-state index contributed by atoms with van der Waals surface area (Å²) in [6.07, 6.45) is 1.04. The van der Waals surface area contributed by atoms with Crippen LogP contribution in [0.25, 0.3) is 0 Å². The third kappa shape index (κ3) is 4.18. The van der Waals surface area contributed by atoms with Crippen molar-refractivity contribution in [1.82, 2.24) is 5.32 Å². The Morgan fingerprint density at radius 3 is 2.95 bits per heavy atom. The van der Waals surface area contributed by atoms with Crippen LogP contribution in [0.2, 0.25) is 0 Å². The summed E-state index contributed by atoms with van der Waals surface area (Å²) in [5.74, 6) is 0.565. The molecule has 0 aliphatic carbocycles. The number of hydrogen-bond donors (Lipinski definition) is 2. The molecule has 2 atom stereocenters. The Kier molecular flexibility index (Phi) is 6.02. The van der Waals surface area contributed by atoms with Crippen molar-refractivity contribution in [2.75, 3.05) is 32.2 Å². The molecule has 1 aliphatic rings. The van der Waals surface area contributed by atoms with E-state index in [0.29, 0.717) is 13.2 Å². The molecule has 1 fully saturated rings. The topological polar surface area (TPSA) is 59.6 Å². The number of ether oxygens (including phenoxy) is 2. The molecule has 1 aromatic carbocycles. The molecule has 2 unspecified atom stereocenters. The number of hydrogen-bond acceptors (Lipinski definition) is 4. The van der Waals surface area contributed by atoms with Gasteiger partial charge in [-0.05, 0) is 47.1 Å². The van der Waals surface area contributed by atoms with Crippen molar-refractivity contribution in [3.63, 3.8) is 0 Å². The Morgan fingerprint density at radius 1 is 1.48 bits per heavy atom. The highest BCUT2D eigenvalue weighted by molar-refractivity contribution is 9.10. The standard InChI is InChI=1S/C15H21BrN2O3/c1-3-6-17-13-9-21-8-11(13)15(19)18-10-4-5-14(20-2)12(16)7-10/h4-5,7,11,13,17H,3,6,8-9H2,1-2H3,(H,18,19). The maximum absolute atomic E-state index is 12.4. The molecular weight excluding hydrogens is 336 g/mol. The SMILES string of the molecule is CCCNC1COCC1C(=O)Nc1ccc(OC)c(Br)c1. The van der Waals surface area contributed by atoms with Crippen molar-refractivity contribution in [3.05, 3.63) is 22.7 Å². The minimum Gasteiger partial charge on any atom is -0.496 e. The molecule has 2 rings (SSSR count). The summed E-state index contributed by atoms with van der Waals surface area (Å²) in [6.45, 7) is 4.05. The largest absolute Gasteiger partial charge is 0.496 e. The number of nitrogens with one attached hydrogen (secondary N) is 2. The lowest BCUT2D eigenvalue weighted by Crippen LogP contribution is -2.41. The fraction of sp³-hybridized carbons (Fsp3) is 0.533. The van der Waals surface area contributed by atoms with Crippen LogP contribution < -0.4 is 15.4 Å². The molecule has 1 heterocycles. The Balaban J connectivity index is 1.98. The summed E-state index contributed by atoms with van der Waals surface area (Å²) >= 11 is 3.41. The molecule has 1 aromatic rings. The first-order valence-corrected chi connectivity index (χ1v) is 7.90. The first-order chi connectivity index (χ1) is 10.2. The predicted octanol–water partition coefficient (Wildman–Crippen LogP) is 2.41. The van der Waals surface area contributed by atoms with Crippen molar-refractivity contribution < 1.29 is 14.3 Å². The number of amides is 1. The van der Waals surface area contributed by atoms with Crippen molar-refractivity contribution in [2.45, 2.75) is 19.4 Å². The number of methoxy groups -OCH3 is 1. The molecule has 1 saturated heterocycles. The number of carbonyl (C=O) groups excluding carboxylic acids is 1. The monoisotopic (exact) mass is 356 g/mol. The maximum Gasteiger partial charge on any atom is 0.231 e. The summed E-state index contributed by atoms with van der Waals surface area (Å²) in [7, 11) is 1.61. The van der Waals surface area contributed by atoms with Gasteiger partial charge in [0, 0.05) is 11.7 Å². The fourth-order valence-electron chi connectivity index (χ4n) is 2.32. The zero-order chi connectivity index (χ0) is 15.2. The molecule has 5 nitrogen and oxygen atoms in total. The Bertz CT molecular complexity index is 496. The summed E-state index contributed by atoms with van der Waals surface area (Å²) < 4.78 is 11.4. The molecule has 1 amide bonds. The molecule has 6 heteroatoms. The van der Waals surface area contributed by atoms with Gasteiger partial charge in [0.1, 0.15) is 5.75 Å². The number of benzene rings is 1. The van der Waals surface area contributed by atoms with Gasteiger partial charge in [-0.1, -0.05) is 6.92 Å². The number of halogens is 1. The van der Waals surface area contributed by atoms with E-state index in [9.17, 15) is 4.79 Å². The third-order valence-corrected chi connectivity index (χ3v) is 4.11. The van der Waals surface area contributed by atoms with Gasteiger partial charge in [-0.15, -0.1) is 0 Å². The van der Waals surface area contributed by atoms with Crippen molar-refractivity contribution >= 4 is 27.5 Å². The second kappa shape index (κ2) is 7.77. The minimum absolute atomic E-state index is 0.0156. The van der Waals surface area contributed by atoms with Crippen LogP contribution in [0.4, 0.5) is 5.69 Å². The lowest BCUT2D eigenvalue weighted by Gasteiger charge is -2.18. The van der Waals surface area contributed by atoms with Gasteiger partial charge in [0.25, 0.3) is 0 Å². The van der Waals surface area contributed by atoms with Gasteiger partial charge in [-0.2, -0.15) is 0 Å². The highest BCUT2D eigenvalue weighted by Gasteiger charge is 2.33. The van der Waals surface area contributed by atoms with Crippen molar-refractivity contribution in [2.24, 2.45) is 5.92 Å². The quantitative estimate of drug-likeness (QED) is 0.821. The van der Waals surface area contributed by atoms with Gasteiger partial charge in [-0.25, -0.2) is 0 Å². The molecule has 0 aromatic heterocycles. The summed E-state index contributed by atoms with van der Waals surface area (Å²) in [4.78, 5) is 12.4. The van der Waals surface area contributed by atoms with Gasteiger partial charge in [0.15, 0.2) is 0 Å². The van der Waals surface area contributed by atoms with Crippen LogP contribution in [0.15, 0.2) is 22.7 Å². The Morgan fingerprint density at radius 2 is 2.29 bits per heavy atom. The van der Waals surface area contributed by atoms with E-state index in [-0.39, 0.29) is 17.9 Å². The van der Waals surface area contributed by atoms with E-state index in [1.54, 1.807) is 7.11 Å². The first-order valence-electron chi connectivity index (χ1n) is 7.11. The van der Waals surface area contributed by atoms with Gasteiger partial charge < -0.3 is 20.1 Å². The molecule has 0 spiro atoms. The minimum atomic E-state index is -0.155. The fourth-order valence-corrected chi connectivity index (χ4v) is 2.86. The summed E-state index contributed by atoms with van der Waals surface area (Å²) in [5.41, 5.74) is 0.744. The van der Waals surface area contributed by atoms with Gasteiger partial charge in [-0.3, -0.25) is 4.79 Å². The smallest absolute Gasteiger partial charge is 0.231 e. The molecule has 21 heavy (non-hydrogen) atoms. The van der Waals surface area contributed by atoms with Crippen LogP contribution in [0, 0.1) is 5.92 Å². The van der Waals surface area contributed by atoms with Crippen molar-refractivity contribution in [1.29, 1.82) is 0 Å². The van der Waals surface area contributed by atoms with Crippen molar-refractivity contribution in [3.8, 4) is 5.75 Å². The van der Waals surface area contributed by atoms with E-state index in [0.717, 1.165) is 28.9 Å². The Labute approximate surface area is 133 Å². The first kappa shape index (κ1) is 16.3. The van der Waals surface area contributed by atoms with Crippen LogP contribution >= 0.6 is 15.9 Å². The lowest BCUT2D eigenvalue weighted by molar-refractivity contribution is -0.120. The van der Waals surface area contributed by atoms with Gasteiger partial charge in [0.05, 0.1) is 30.7 Å². The maximum atomic E-state index is 12.4. The lowest BCUT2D eigenvalue weighted by atomic mass is 10.0. The highest BCUT2D eigenvalue weighted by atomic mass is 79.9. The van der Waals surface area contributed by atoms with Crippen LogP contribution in [0.5, 0.6) is 5.75 Å². The number of anilines is 1. The number of rotatable bonds is 6. The Hall–Kier alpha value is -1.11. The average Bonchev–Trinajstić information content (AvgIpc) is 2.93. The molecule has 1 aliphatic heterocycles. The van der Waals surface area contributed by atoms with E-state index < -0.39 is 0 Å². The van der Waals surface area contributed by atoms with E-state index in [1.165, 1.54) is 0 Å².